The van der Waals surface area contributed by atoms with Crippen LogP contribution in [0.5, 0.6) is 0 Å². The number of hydrogen-bond acceptors (Lipinski definition) is 4. The molecule has 0 bridgehead atoms. The average Bonchev–Trinajstić information content (AvgIpc) is 2.71. The van der Waals surface area contributed by atoms with Crippen LogP contribution in [0.15, 0.2) is 24.3 Å². The summed E-state index contributed by atoms with van der Waals surface area (Å²) in [6.07, 6.45) is 1.39. The predicted molar refractivity (Wildman–Crippen MR) is 72.3 cm³/mol. The Morgan fingerprint density at radius 2 is 1.75 bits per heavy atom. The van der Waals surface area contributed by atoms with Crippen LogP contribution in [-0.4, -0.2) is 35.8 Å². The first-order chi connectivity index (χ1) is 9.60. The summed E-state index contributed by atoms with van der Waals surface area (Å²) in [5.41, 5.74) is 0.812. The van der Waals surface area contributed by atoms with Crippen molar-refractivity contribution >= 4 is 17.8 Å². The molecule has 1 atom stereocenters. The van der Waals surface area contributed by atoms with E-state index in [-0.39, 0.29) is 18.2 Å². The number of carbonyl (C=O) groups is 3. The lowest BCUT2D eigenvalue weighted by atomic mass is 10.1. The molecule has 106 valence electrons. The molecule has 20 heavy (non-hydrogen) atoms. The number of nitrogens with zero attached hydrogens (tertiary/aromatic N) is 1. The molecule has 2 amide bonds. The van der Waals surface area contributed by atoms with E-state index in [1.54, 1.807) is 24.3 Å². The molecule has 0 aromatic heterocycles. The molecule has 0 saturated heterocycles. The Morgan fingerprint density at radius 3 is 2.20 bits per heavy atom. The molecule has 0 spiro atoms. The van der Waals surface area contributed by atoms with Gasteiger partial charge < -0.3 is 4.74 Å². The Labute approximate surface area is 117 Å². The SMILES string of the molecule is CCC[C@@H](CC(=O)OC)N1C(=O)c2ccccc2C1=O. The van der Waals surface area contributed by atoms with Gasteiger partial charge in [0.15, 0.2) is 0 Å². The summed E-state index contributed by atoms with van der Waals surface area (Å²) < 4.78 is 4.65. The number of methoxy groups -OCH3 is 1. The summed E-state index contributed by atoms with van der Waals surface area (Å²) in [6.45, 7) is 1.95. The van der Waals surface area contributed by atoms with Gasteiger partial charge in [0.2, 0.25) is 0 Å². The highest BCUT2D eigenvalue weighted by Crippen LogP contribution is 2.27. The average molecular weight is 275 g/mol. The summed E-state index contributed by atoms with van der Waals surface area (Å²) in [6, 6.07) is 6.28. The zero-order chi connectivity index (χ0) is 14.7. The van der Waals surface area contributed by atoms with Gasteiger partial charge in [-0.3, -0.25) is 19.3 Å². The van der Waals surface area contributed by atoms with Crippen molar-refractivity contribution in [2.75, 3.05) is 7.11 Å². The third kappa shape index (κ3) is 2.43. The number of hydrogen-bond donors (Lipinski definition) is 0. The fourth-order valence-corrected chi connectivity index (χ4v) is 2.47. The number of carbonyl (C=O) groups excluding carboxylic acids is 3. The van der Waals surface area contributed by atoms with Crippen LogP contribution in [0.2, 0.25) is 0 Å². The van der Waals surface area contributed by atoms with E-state index in [4.69, 9.17) is 0 Å². The van der Waals surface area contributed by atoms with E-state index in [0.29, 0.717) is 17.5 Å². The fraction of sp³-hybridized carbons (Fsp3) is 0.400. The van der Waals surface area contributed by atoms with E-state index < -0.39 is 12.0 Å². The van der Waals surface area contributed by atoms with Crippen LogP contribution in [0, 0.1) is 0 Å². The van der Waals surface area contributed by atoms with Gasteiger partial charge in [-0.25, -0.2) is 0 Å². The Hall–Kier alpha value is -2.17. The summed E-state index contributed by atoms with van der Waals surface area (Å²) in [7, 11) is 1.30. The van der Waals surface area contributed by atoms with Gasteiger partial charge in [0.25, 0.3) is 11.8 Å². The number of benzene rings is 1. The summed E-state index contributed by atoms with van der Waals surface area (Å²) in [5, 5.41) is 0. The number of amides is 2. The second-order valence-corrected chi connectivity index (χ2v) is 4.75. The number of rotatable bonds is 5. The molecule has 1 aliphatic rings. The first-order valence-corrected chi connectivity index (χ1v) is 6.63. The molecule has 1 aliphatic heterocycles. The van der Waals surface area contributed by atoms with E-state index in [2.05, 4.69) is 4.74 Å². The van der Waals surface area contributed by atoms with Crippen molar-refractivity contribution in [2.24, 2.45) is 0 Å². The smallest absolute Gasteiger partial charge is 0.307 e. The van der Waals surface area contributed by atoms with Crippen LogP contribution < -0.4 is 0 Å². The monoisotopic (exact) mass is 275 g/mol. The molecule has 0 unspecified atom stereocenters. The van der Waals surface area contributed by atoms with Crippen molar-refractivity contribution in [3.05, 3.63) is 35.4 Å². The third-order valence-electron chi connectivity index (χ3n) is 3.44. The second kappa shape index (κ2) is 5.86. The first kappa shape index (κ1) is 14.2. The molecule has 5 nitrogen and oxygen atoms in total. The van der Waals surface area contributed by atoms with Crippen molar-refractivity contribution in [1.29, 1.82) is 0 Å². The quantitative estimate of drug-likeness (QED) is 0.609. The number of esters is 1. The highest BCUT2D eigenvalue weighted by molar-refractivity contribution is 6.21. The number of ether oxygens (including phenoxy) is 1. The minimum absolute atomic E-state index is 0.0375. The van der Waals surface area contributed by atoms with Crippen molar-refractivity contribution in [1.82, 2.24) is 4.90 Å². The predicted octanol–water partition coefficient (Wildman–Crippen LogP) is 2.01. The first-order valence-electron chi connectivity index (χ1n) is 6.63. The van der Waals surface area contributed by atoms with Gasteiger partial charge in [-0.05, 0) is 18.6 Å². The zero-order valence-corrected chi connectivity index (χ0v) is 11.6. The summed E-state index contributed by atoms with van der Waals surface area (Å²) >= 11 is 0. The molecule has 2 rings (SSSR count). The Morgan fingerprint density at radius 1 is 1.20 bits per heavy atom. The van der Waals surface area contributed by atoms with Gasteiger partial charge in [0.1, 0.15) is 0 Å². The maximum atomic E-state index is 12.3. The minimum Gasteiger partial charge on any atom is -0.469 e. The molecular formula is C15H17NO4. The van der Waals surface area contributed by atoms with Crippen molar-refractivity contribution in [2.45, 2.75) is 32.2 Å². The lowest BCUT2D eigenvalue weighted by Gasteiger charge is -2.24. The highest BCUT2D eigenvalue weighted by atomic mass is 16.5. The van der Waals surface area contributed by atoms with Crippen molar-refractivity contribution in [3.8, 4) is 0 Å². The molecular weight excluding hydrogens is 258 g/mol. The highest BCUT2D eigenvalue weighted by Gasteiger charge is 2.40. The molecule has 0 aliphatic carbocycles. The Bertz CT molecular complexity index is 518. The van der Waals surface area contributed by atoms with E-state index in [0.717, 1.165) is 6.42 Å². The van der Waals surface area contributed by atoms with E-state index in [1.165, 1.54) is 12.0 Å². The topological polar surface area (TPSA) is 63.7 Å². The van der Waals surface area contributed by atoms with Crippen LogP contribution in [0.1, 0.15) is 46.9 Å². The van der Waals surface area contributed by atoms with Gasteiger partial charge in [-0.2, -0.15) is 0 Å². The Kier molecular flexibility index (Phi) is 4.17. The zero-order valence-electron chi connectivity index (χ0n) is 11.6. The minimum atomic E-state index is -0.445. The second-order valence-electron chi connectivity index (χ2n) is 4.75. The maximum Gasteiger partial charge on any atom is 0.307 e. The molecule has 1 heterocycles. The van der Waals surface area contributed by atoms with Crippen LogP contribution in [0.3, 0.4) is 0 Å². The molecule has 0 radical (unpaired) electrons. The van der Waals surface area contributed by atoms with Crippen molar-refractivity contribution < 1.29 is 19.1 Å². The lowest BCUT2D eigenvalue weighted by Crippen LogP contribution is -2.41. The molecule has 0 fully saturated rings. The molecule has 1 aromatic carbocycles. The standard InChI is InChI=1S/C15H17NO4/c1-3-6-10(9-13(17)20-2)16-14(18)11-7-4-5-8-12(11)15(16)19/h4-5,7-8,10H,3,6,9H2,1-2H3/t10-/m0/s1. The van der Waals surface area contributed by atoms with Crippen LogP contribution in [0.4, 0.5) is 0 Å². The summed E-state index contributed by atoms with van der Waals surface area (Å²) in [5.74, 6) is -1.07. The largest absolute Gasteiger partial charge is 0.469 e. The van der Waals surface area contributed by atoms with Crippen LogP contribution >= 0.6 is 0 Å². The van der Waals surface area contributed by atoms with E-state index in [1.807, 2.05) is 6.92 Å². The lowest BCUT2D eigenvalue weighted by molar-refractivity contribution is -0.141. The maximum absolute atomic E-state index is 12.3. The Balaban J connectivity index is 2.29. The van der Waals surface area contributed by atoms with Gasteiger partial charge >= 0.3 is 5.97 Å². The van der Waals surface area contributed by atoms with Gasteiger partial charge in [0.05, 0.1) is 30.7 Å². The van der Waals surface area contributed by atoms with E-state index >= 15 is 0 Å². The molecule has 0 saturated carbocycles. The normalized spacial score (nSPS) is 15.2. The molecule has 0 N–H and O–H groups in total. The van der Waals surface area contributed by atoms with Crippen LogP contribution in [-0.2, 0) is 9.53 Å². The number of imide groups is 1. The fourth-order valence-electron chi connectivity index (χ4n) is 2.47. The number of fused-ring (bicyclic) bond motifs is 1. The van der Waals surface area contributed by atoms with Gasteiger partial charge in [-0.1, -0.05) is 25.5 Å². The molecule has 5 heteroatoms. The van der Waals surface area contributed by atoms with Crippen LogP contribution in [0.25, 0.3) is 0 Å². The van der Waals surface area contributed by atoms with Gasteiger partial charge in [0, 0.05) is 0 Å². The summed E-state index contributed by atoms with van der Waals surface area (Å²) in [4.78, 5) is 37.4. The third-order valence-corrected chi connectivity index (χ3v) is 3.44. The van der Waals surface area contributed by atoms with Crippen molar-refractivity contribution in [3.63, 3.8) is 0 Å². The molecule has 1 aromatic rings. The van der Waals surface area contributed by atoms with Gasteiger partial charge in [-0.15, -0.1) is 0 Å². The van der Waals surface area contributed by atoms with E-state index in [9.17, 15) is 14.4 Å².